The molecule has 170 valence electrons. The van der Waals surface area contributed by atoms with E-state index in [1.54, 1.807) is 6.21 Å². The summed E-state index contributed by atoms with van der Waals surface area (Å²) in [6, 6.07) is 26.6. The molecule has 0 spiro atoms. The summed E-state index contributed by atoms with van der Waals surface area (Å²) in [6.45, 7) is 0.496. The van der Waals surface area contributed by atoms with Crippen LogP contribution in [-0.4, -0.2) is 24.8 Å². The Bertz CT molecular complexity index is 1350. The molecule has 6 nitrogen and oxygen atoms in total. The fraction of sp³-hybridized carbons (Fsp3) is 0.111. The van der Waals surface area contributed by atoms with Gasteiger partial charge in [-0.2, -0.15) is 5.10 Å². The molecule has 5 rings (SSSR count). The van der Waals surface area contributed by atoms with Gasteiger partial charge in [0, 0.05) is 10.6 Å². The van der Waals surface area contributed by atoms with Gasteiger partial charge in [-0.25, -0.2) is 5.43 Å². The quantitative estimate of drug-likeness (QED) is 0.303. The van der Waals surface area contributed by atoms with Crippen molar-refractivity contribution < 1.29 is 19.0 Å². The third-order valence-electron chi connectivity index (χ3n) is 5.38. The number of hydrogen-bond donors (Lipinski definition) is 1. The van der Waals surface area contributed by atoms with Gasteiger partial charge in [-0.3, -0.25) is 4.79 Å². The van der Waals surface area contributed by atoms with E-state index in [1.807, 2.05) is 84.9 Å². The van der Waals surface area contributed by atoms with Gasteiger partial charge in [0.25, 0.3) is 5.91 Å². The number of fused-ring (bicyclic) bond motifs is 2. The Morgan fingerprint density at radius 2 is 1.71 bits per heavy atom. The SMILES string of the molecule is O=C(N/N=C/c1ccc(OCc2ccccc2Cl)cc1)[C@H]1COc2cc3ccccc3cc2O1. The van der Waals surface area contributed by atoms with Crippen LogP contribution in [0, 0.1) is 0 Å². The van der Waals surface area contributed by atoms with Gasteiger partial charge in [-0.05, 0) is 58.8 Å². The minimum Gasteiger partial charge on any atom is -0.489 e. The molecule has 0 saturated carbocycles. The fourth-order valence-electron chi connectivity index (χ4n) is 3.55. The van der Waals surface area contributed by atoms with Crippen LogP contribution in [0.3, 0.4) is 0 Å². The van der Waals surface area contributed by atoms with Crippen molar-refractivity contribution in [3.63, 3.8) is 0 Å². The van der Waals surface area contributed by atoms with Crippen molar-refractivity contribution in [2.45, 2.75) is 12.7 Å². The fourth-order valence-corrected chi connectivity index (χ4v) is 3.74. The Morgan fingerprint density at radius 1 is 1.00 bits per heavy atom. The number of ether oxygens (including phenoxy) is 3. The van der Waals surface area contributed by atoms with E-state index in [0.29, 0.717) is 28.9 Å². The maximum atomic E-state index is 12.5. The van der Waals surface area contributed by atoms with E-state index < -0.39 is 6.10 Å². The topological polar surface area (TPSA) is 69.2 Å². The average Bonchev–Trinajstić information content (AvgIpc) is 2.87. The molecule has 0 aliphatic carbocycles. The summed E-state index contributed by atoms with van der Waals surface area (Å²) < 4.78 is 17.4. The number of halogens is 1. The number of benzene rings is 4. The van der Waals surface area contributed by atoms with Gasteiger partial charge in [0.2, 0.25) is 6.10 Å². The molecule has 1 atom stereocenters. The van der Waals surface area contributed by atoms with Crippen LogP contribution >= 0.6 is 11.6 Å². The predicted octanol–water partition coefficient (Wildman–Crippen LogP) is 5.36. The molecule has 1 aliphatic rings. The van der Waals surface area contributed by atoms with E-state index in [1.165, 1.54) is 0 Å². The van der Waals surface area contributed by atoms with E-state index in [-0.39, 0.29) is 12.5 Å². The normalized spacial score (nSPS) is 14.8. The first-order valence-corrected chi connectivity index (χ1v) is 11.1. The zero-order valence-electron chi connectivity index (χ0n) is 18.1. The molecule has 4 aromatic rings. The molecule has 0 saturated heterocycles. The Hall–Kier alpha value is -4.03. The maximum Gasteiger partial charge on any atom is 0.284 e. The lowest BCUT2D eigenvalue weighted by molar-refractivity contribution is -0.130. The van der Waals surface area contributed by atoms with Gasteiger partial charge in [0.05, 0.1) is 6.21 Å². The van der Waals surface area contributed by atoms with Crippen molar-refractivity contribution in [2.24, 2.45) is 5.10 Å². The van der Waals surface area contributed by atoms with Gasteiger partial charge in [-0.15, -0.1) is 0 Å². The lowest BCUT2D eigenvalue weighted by Crippen LogP contribution is -2.42. The number of nitrogens with zero attached hydrogens (tertiary/aromatic N) is 1. The van der Waals surface area contributed by atoms with E-state index in [0.717, 1.165) is 21.9 Å². The summed E-state index contributed by atoms with van der Waals surface area (Å²) in [5, 5.41) is 6.78. The average molecular weight is 473 g/mol. The third-order valence-corrected chi connectivity index (χ3v) is 5.75. The Balaban J connectivity index is 1.15. The largest absolute Gasteiger partial charge is 0.489 e. The molecule has 1 amide bonds. The van der Waals surface area contributed by atoms with Crippen LogP contribution in [0.25, 0.3) is 10.8 Å². The number of nitrogens with one attached hydrogen (secondary N) is 1. The monoisotopic (exact) mass is 472 g/mol. The number of hydrogen-bond acceptors (Lipinski definition) is 5. The van der Waals surface area contributed by atoms with E-state index in [2.05, 4.69) is 10.5 Å². The highest BCUT2D eigenvalue weighted by atomic mass is 35.5. The molecular formula is C27H21ClN2O4. The van der Waals surface area contributed by atoms with Gasteiger partial charge < -0.3 is 14.2 Å². The standard InChI is InChI=1S/C27H21ClN2O4/c28-23-8-4-3-7-21(23)16-32-22-11-9-18(10-12-22)15-29-30-27(31)26-17-33-24-13-19-5-1-2-6-20(19)14-25(24)34-26/h1-15,26H,16-17H2,(H,30,31)/b29-15+/t26-/m1/s1. The summed E-state index contributed by atoms with van der Waals surface area (Å²) in [7, 11) is 0. The molecule has 7 heteroatoms. The molecule has 1 aliphatic heterocycles. The Morgan fingerprint density at radius 3 is 2.47 bits per heavy atom. The van der Waals surface area contributed by atoms with Crippen LogP contribution in [0.1, 0.15) is 11.1 Å². The Labute approximate surface area is 201 Å². The number of amides is 1. The number of carbonyl (C=O) groups is 1. The molecule has 0 radical (unpaired) electrons. The zero-order valence-corrected chi connectivity index (χ0v) is 18.9. The van der Waals surface area contributed by atoms with Crippen LogP contribution in [0.5, 0.6) is 17.2 Å². The van der Waals surface area contributed by atoms with Gasteiger partial charge in [0.15, 0.2) is 11.5 Å². The second-order valence-corrected chi connectivity index (χ2v) is 8.15. The number of rotatable bonds is 6. The second-order valence-electron chi connectivity index (χ2n) is 7.75. The lowest BCUT2D eigenvalue weighted by atomic mass is 10.1. The summed E-state index contributed by atoms with van der Waals surface area (Å²) >= 11 is 6.15. The molecule has 0 fully saturated rings. The van der Waals surface area contributed by atoms with Gasteiger partial charge in [-0.1, -0.05) is 54.1 Å². The van der Waals surface area contributed by atoms with Crippen molar-refractivity contribution in [3.05, 3.63) is 101 Å². The van der Waals surface area contributed by atoms with Crippen LogP contribution < -0.4 is 19.6 Å². The number of carbonyl (C=O) groups excluding carboxylic acids is 1. The predicted molar refractivity (Wildman–Crippen MR) is 132 cm³/mol. The van der Waals surface area contributed by atoms with Crippen molar-refractivity contribution in [1.82, 2.24) is 5.43 Å². The van der Waals surface area contributed by atoms with Crippen molar-refractivity contribution in [3.8, 4) is 17.2 Å². The molecule has 4 aromatic carbocycles. The van der Waals surface area contributed by atoms with Crippen LogP contribution in [0.15, 0.2) is 90.0 Å². The lowest BCUT2D eigenvalue weighted by Gasteiger charge is -2.25. The highest BCUT2D eigenvalue weighted by molar-refractivity contribution is 6.31. The third kappa shape index (κ3) is 4.97. The summed E-state index contributed by atoms with van der Waals surface area (Å²) in [5.41, 5.74) is 4.24. The summed E-state index contributed by atoms with van der Waals surface area (Å²) in [4.78, 5) is 12.5. The molecular weight excluding hydrogens is 452 g/mol. The summed E-state index contributed by atoms with van der Waals surface area (Å²) in [6.07, 6.45) is 0.771. The van der Waals surface area contributed by atoms with Gasteiger partial charge >= 0.3 is 0 Å². The van der Waals surface area contributed by atoms with Crippen molar-refractivity contribution in [1.29, 1.82) is 0 Å². The first kappa shape index (κ1) is 21.8. The highest BCUT2D eigenvalue weighted by Crippen LogP contribution is 2.35. The minimum absolute atomic E-state index is 0.115. The smallest absolute Gasteiger partial charge is 0.284 e. The van der Waals surface area contributed by atoms with Crippen LogP contribution in [0.4, 0.5) is 0 Å². The van der Waals surface area contributed by atoms with Crippen molar-refractivity contribution >= 4 is 34.5 Å². The first-order chi connectivity index (χ1) is 16.7. The van der Waals surface area contributed by atoms with Crippen LogP contribution in [0.2, 0.25) is 5.02 Å². The zero-order chi connectivity index (χ0) is 23.3. The van der Waals surface area contributed by atoms with E-state index in [4.69, 9.17) is 25.8 Å². The van der Waals surface area contributed by atoms with Crippen LogP contribution in [-0.2, 0) is 11.4 Å². The summed E-state index contributed by atoms with van der Waals surface area (Å²) in [5.74, 6) is 1.50. The minimum atomic E-state index is -0.786. The van der Waals surface area contributed by atoms with E-state index in [9.17, 15) is 4.79 Å². The molecule has 1 heterocycles. The molecule has 1 N–H and O–H groups in total. The molecule has 0 unspecified atom stereocenters. The Kier molecular flexibility index (Phi) is 6.31. The molecule has 0 aromatic heterocycles. The molecule has 0 bridgehead atoms. The van der Waals surface area contributed by atoms with Crippen molar-refractivity contribution in [2.75, 3.05) is 6.61 Å². The van der Waals surface area contributed by atoms with E-state index >= 15 is 0 Å². The molecule has 34 heavy (non-hydrogen) atoms. The maximum absolute atomic E-state index is 12.5. The van der Waals surface area contributed by atoms with Gasteiger partial charge in [0.1, 0.15) is 19.0 Å². The highest BCUT2D eigenvalue weighted by Gasteiger charge is 2.27. The number of hydrazone groups is 1. The second kappa shape index (κ2) is 9.85. The first-order valence-electron chi connectivity index (χ1n) is 10.8.